The van der Waals surface area contributed by atoms with E-state index in [-0.39, 0.29) is 18.5 Å². The fourth-order valence-corrected chi connectivity index (χ4v) is 3.22. The van der Waals surface area contributed by atoms with Gasteiger partial charge in [0.05, 0.1) is 18.5 Å². The van der Waals surface area contributed by atoms with Crippen molar-refractivity contribution in [1.29, 1.82) is 0 Å². The van der Waals surface area contributed by atoms with Gasteiger partial charge in [0.15, 0.2) is 0 Å². The highest BCUT2D eigenvalue weighted by molar-refractivity contribution is 7.92. The number of hydrogen-bond donors (Lipinski definition) is 1. The van der Waals surface area contributed by atoms with Crippen LogP contribution in [-0.4, -0.2) is 42.9 Å². The smallest absolute Gasteiger partial charge is 0.241 e. The number of sulfonamides is 1. The van der Waals surface area contributed by atoms with Crippen molar-refractivity contribution < 1.29 is 13.2 Å². The van der Waals surface area contributed by atoms with Gasteiger partial charge in [-0.1, -0.05) is 12.1 Å². The van der Waals surface area contributed by atoms with Crippen molar-refractivity contribution in [2.75, 3.05) is 17.1 Å². The molecule has 1 aromatic carbocycles. The minimum absolute atomic E-state index is 0.170. The summed E-state index contributed by atoms with van der Waals surface area (Å²) in [6, 6.07) is 8.68. The number of benzene rings is 1. The van der Waals surface area contributed by atoms with Crippen LogP contribution >= 0.6 is 0 Å². The summed E-state index contributed by atoms with van der Waals surface area (Å²) in [5.41, 5.74) is 1.40. The maximum atomic E-state index is 12.3. The van der Waals surface area contributed by atoms with Crippen molar-refractivity contribution in [3.63, 3.8) is 0 Å². The molecule has 0 unspecified atom stereocenters. The number of nitrogens with zero attached hydrogens (tertiary/aromatic N) is 3. The number of hydrogen-bond acceptors (Lipinski definition) is 4. The molecule has 8 heteroatoms. The average Bonchev–Trinajstić information content (AvgIpc) is 2.96. The number of anilines is 1. The molecule has 0 fully saturated rings. The molecule has 0 radical (unpaired) electrons. The topological polar surface area (TPSA) is 84.3 Å². The van der Waals surface area contributed by atoms with Crippen molar-refractivity contribution in [3.8, 4) is 0 Å². The van der Waals surface area contributed by atoms with Crippen molar-refractivity contribution in [2.24, 2.45) is 0 Å². The molecule has 24 heavy (non-hydrogen) atoms. The number of carbonyl (C=O) groups is 1. The van der Waals surface area contributed by atoms with Crippen molar-refractivity contribution in [1.82, 2.24) is 15.1 Å². The molecule has 1 atom stereocenters. The van der Waals surface area contributed by atoms with E-state index >= 15 is 0 Å². The zero-order valence-corrected chi connectivity index (χ0v) is 14.8. The second-order valence-corrected chi connectivity index (χ2v) is 7.71. The molecule has 130 valence electrons. The Morgan fingerprint density at radius 3 is 2.71 bits per heavy atom. The first-order chi connectivity index (χ1) is 11.3. The molecule has 1 N–H and O–H groups in total. The van der Waals surface area contributed by atoms with E-state index < -0.39 is 10.0 Å². The minimum Gasteiger partial charge on any atom is -0.350 e. The Labute approximate surface area is 142 Å². The molecule has 1 aromatic heterocycles. The summed E-state index contributed by atoms with van der Waals surface area (Å²) in [6.45, 7) is 3.97. The van der Waals surface area contributed by atoms with Crippen LogP contribution < -0.4 is 9.62 Å². The molecule has 2 aromatic rings. The lowest BCUT2D eigenvalue weighted by atomic mass is 10.2. The average molecular weight is 350 g/mol. The summed E-state index contributed by atoms with van der Waals surface area (Å²) < 4.78 is 26.9. The number of carbonyl (C=O) groups excluding carboxylic acids is 1. The first-order valence-electron chi connectivity index (χ1n) is 7.57. The fourth-order valence-electron chi connectivity index (χ4n) is 2.37. The Balaban J connectivity index is 2.05. The molecule has 1 amide bonds. The van der Waals surface area contributed by atoms with Crippen LogP contribution in [-0.2, 0) is 21.4 Å². The van der Waals surface area contributed by atoms with Gasteiger partial charge in [0, 0.05) is 18.4 Å². The summed E-state index contributed by atoms with van der Waals surface area (Å²) in [4.78, 5) is 12.3. The van der Waals surface area contributed by atoms with Gasteiger partial charge in [-0.15, -0.1) is 0 Å². The van der Waals surface area contributed by atoms with E-state index in [2.05, 4.69) is 10.4 Å². The number of nitrogens with one attached hydrogen (secondary N) is 1. The summed E-state index contributed by atoms with van der Waals surface area (Å²) in [5.74, 6) is -0.360. The van der Waals surface area contributed by atoms with Crippen LogP contribution in [0, 0.1) is 6.92 Å². The molecule has 0 saturated heterocycles. The molecule has 2 rings (SSSR count). The lowest BCUT2D eigenvalue weighted by molar-refractivity contribution is -0.120. The summed E-state index contributed by atoms with van der Waals surface area (Å²) >= 11 is 0. The van der Waals surface area contributed by atoms with E-state index in [9.17, 15) is 13.2 Å². The predicted octanol–water partition coefficient (Wildman–Crippen LogP) is 1.16. The number of aryl methyl sites for hydroxylation is 1. The van der Waals surface area contributed by atoms with Crippen molar-refractivity contribution in [2.45, 2.75) is 26.4 Å². The van der Waals surface area contributed by atoms with Crippen molar-refractivity contribution in [3.05, 3.63) is 48.3 Å². The Morgan fingerprint density at radius 1 is 1.38 bits per heavy atom. The highest BCUT2D eigenvalue weighted by Gasteiger charge is 2.21. The number of rotatable bonds is 7. The lowest BCUT2D eigenvalue weighted by Crippen LogP contribution is -2.44. The van der Waals surface area contributed by atoms with Gasteiger partial charge in [-0.25, -0.2) is 8.42 Å². The van der Waals surface area contributed by atoms with Crippen LogP contribution in [0.15, 0.2) is 42.7 Å². The van der Waals surface area contributed by atoms with Gasteiger partial charge in [0.1, 0.15) is 6.54 Å². The quantitative estimate of drug-likeness (QED) is 0.812. The predicted molar refractivity (Wildman–Crippen MR) is 93.2 cm³/mol. The van der Waals surface area contributed by atoms with Crippen LogP contribution in [0.4, 0.5) is 5.69 Å². The summed E-state index contributed by atoms with van der Waals surface area (Å²) in [7, 11) is -3.56. The summed E-state index contributed by atoms with van der Waals surface area (Å²) in [5, 5.41) is 6.88. The van der Waals surface area contributed by atoms with Gasteiger partial charge in [-0.2, -0.15) is 5.10 Å². The van der Waals surface area contributed by atoms with Crippen LogP contribution in [0.1, 0.15) is 12.5 Å². The van der Waals surface area contributed by atoms with E-state index in [0.717, 1.165) is 16.1 Å². The van der Waals surface area contributed by atoms with Crippen LogP contribution in [0.2, 0.25) is 0 Å². The van der Waals surface area contributed by atoms with Gasteiger partial charge in [0.25, 0.3) is 0 Å². The molecule has 0 aliphatic rings. The Morgan fingerprint density at radius 2 is 2.12 bits per heavy atom. The highest BCUT2D eigenvalue weighted by Crippen LogP contribution is 2.18. The Bertz CT molecular complexity index is 787. The first kappa shape index (κ1) is 18.0. The van der Waals surface area contributed by atoms with E-state index in [0.29, 0.717) is 12.2 Å². The maximum absolute atomic E-state index is 12.3. The van der Waals surface area contributed by atoms with E-state index in [1.54, 1.807) is 41.3 Å². The largest absolute Gasteiger partial charge is 0.350 e. The van der Waals surface area contributed by atoms with E-state index in [4.69, 9.17) is 0 Å². The molecule has 1 heterocycles. The van der Waals surface area contributed by atoms with Gasteiger partial charge in [-0.3, -0.25) is 13.8 Å². The Hall–Kier alpha value is -2.35. The van der Waals surface area contributed by atoms with Crippen LogP contribution in [0.5, 0.6) is 0 Å². The normalized spacial score (nSPS) is 12.6. The highest BCUT2D eigenvalue weighted by atomic mass is 32.2. The zero-order valence-electron chi connectivity index (χ0n) is 14.0. The van der Waals surface area contributed by atoms with Crippen LogP contribution in [0.3, 0.4) is 0 Å². The Kier molecular flexibility index (Phi) is 5.61. The van der Waals surface area contributed by atoms with Gasteiger partial charge in [-0.05, 0) is 37.6 Å². The van der Waals surface area contributed by atoms with Gasteiger partial charge < -0.3 is 5.32 Å². The van der Waals surface area contributed by atoms with E-state index in [1.807, 2.05) is 19.9 Å². The standard InChI is InChI=1S/C16H22N4O3S/c1-13-6-4-7-15(10-13)20(24(3,22)23)12-16(21)18-14(2)11-19-9-5-8-17-19/h4-10,14H,11-12H2,1-3H3,(H,18,21)/t14-/m0/s1. The molecule has 0 spiro atoms. The molecule has 0 aliphatic carbocycles. The molecule has 0 bridgehead atoms. The van der Waals surface area contributed by atoms with Gasteiger partial charge >= 0.3 is 0 Å². The van der Waals surface area contributed by atoms with E-state index in [1.165, 1.54) is 0 Å². The number of amides is 1. The third-order valence-corrected chi connectivity index (χ3v) is 4.55. The second kappa shape index (κ2) is 7.48. The molecule has 0 saturated carbocycles. The van der Waals surface area contributed by atoms with Crippen molar-refractivity contribution >= 4 is 21.6 Å². The number of aromatic nitrogens is 2. The molecule has 7 nitrogen and oxygen atoms in total. The molecular weight excluding hydrogens is 328 g/mol. The molecule has 0 aliphatic heterocycles. The SMILES string of the molecule is Cc1cccc(N(CC(=O)N[C@@H](C)Cn2cccn2)S(C)(=O)=O)c1. The molecular formula is C16H22N4O3S. The van der Waals surface area contributed by atoms with Crippen LogP contribution in [0.25, 0.3) is 0 Å². The first-order valence-corrected chi connectivity index (χ1v) is 9.41. The maximum Gasteiger partial charge on any atom is 0.241 e. The second-order valence-electron chi connectivity index (χ2n) is 5.81. The third kappa shape index (κ3) is 5.09. The monoisotopic (exact) mass is 350 g/mol. The van der Waals surface area contributed by atoms with Gasteiger partial charge in [0.2, 0.25) is 15.9 Å². The lowest BCUT2D eigenvalue weighted by Gasteiger charge is -2.23. The fraction of sp³-hybridized carbons (Fsp3) is 0.375. The third-order valence-electron chi connectivity index (χ3n) is 3.40. The summed E-state index contributed by atoms with van der Waals surface area (Å²) in [6.07, 6.45) is 4.56. The minimum atomic E-state index is -3.56. The zero-order chi connectivity index (χ0) is 17.7.